The second-order valence-electron chi connectivity index (χ2n) is 5.60. The Morgan fingerprint density at radius 3 is 2.48 bits per heavy atom. The molecule has 1 heterocycles. The van der Waals surface area contributed by atoms with Gasteiger partial charge in [-0.05, 0) is 42.5 Å². The minimum Gasteiger partial charge on any atom is -0.487 e. The predicted molar refractivity (Wildman–Crippen MR) is 84.3 cm³/mol. The van der Waals surface area contributed by atoms with Crippen LogP contribution in [0.25, 0.3) is 0 Å². The third kappa shape index (κ3) is 4.30. The molecule has 21 heavy (non-hydrogen) atoms. The maximum absolute atomic E-state index is 5.78. The predicted octanol–water partition coefficient (Wildman–Crippen LogP) is 3.48. The maximum Gasteiger partial charge on any atom is 0.138 e. The van der Waals surface area contributed by atoms with Crippen LogP contribution in [0.1, 0.15) is 36.6 Å². The summed E-state index contributed by atoms with van der Waals surface area (Å²) in [7, 11) is 0. The Morgan fingerprint density at radius 1 is 1.10 bits per heavy atom. The molecule has 1 saturated carbocycles. The summed E-state index contributed by atoms with van der Waals surface area (Å²) in [6.45, 7) is 3.60. The zero-order valence-electron chi connectivity index (χ0n) is 12.5. The van der Waals surface area contributed by atoms with Crippen molar-refractivity contribution in [3.8, 4) is 5.75 Å². The van der Waals surface area contributed by atoms with Gasteiger partial charge in [0.05, 0.1) is 11.9 Å². The van der Waals surface area contributed by atoms with E-state index >= 15 is 0 Å². The first-order chi connectivity index (χ1) is 10.3. The van der Waals surface area contributed by atoms with Gasteiger partial charge < -0.3 is 10.1 Å². The van der Waals surface area contributed by atoms with E-state index in [0.717, 1.165) is 24.4 Å². The quantitative estimate of drug-likeness (QED) is 0.844. The van der Waals surface area contributed by atoms with Crippen LogP contribution in [-0.4, -0.2) is 11.0 Å². The Hall–Kier alpha value is -1.87. The van der Waals surface area contributed by atoms with Gasteiger partial charge in [-0.25, -0.2) is 0 Å². The van der Waals surface area contributed by atoms with Crippen molar-refractivity contribution in [2.24, 2.45) is 0 Å². The molecule has 0 bridgehead atoms. The summed E-state index contributed by atoms with van der Waals surface area (Å²) in [5.41, 5.74) is 3.61. The fourth-order valence-electron chi connectivity index (χ4n) is 2.18. The fraction of sp³-hybridized carbons (Fsp3) is 0.389. The Balaban J connectivity index is 1.49. The molecule has 1 aromatic carbocycles. The Bertz CT molecular complexity index is 559. The van der Waals surface area contributed by atoms with Crippen LogP contribution in [0.15, 0.2) is 42.6 Å². The van der Waals surface area contributed by atoms with Crippen LogP contribution >= 0.6 is 0 Å². The number of hydrogen-bond donors (Lipinski definition) is 1. The minimum absolute atomic E-state index is 0.589. The lowest BCUT2D eigenvalue weighted by Gasteiger charge is -2.08. The molecule has 0 radical (unpaired) electrons. The van der Waals surface area contributed by atoms with Gasteiger partial charge in [-0.15, -0.1) is 0 Å². The number of nitrogens with one attached hydrogen (secondary N) is 1. The molecular weight excluding hydrogens is 260 g/mol. The van der Waals surface area contributed by atoms with Crippen LogP contribution in [0.4, 0.5) is 0 Å². The number of aromatic nitrogens is 1. The van der Waals surface area contributed by atoms with Crippen LogP contribution in [0.5, 0.6) is 5.75 Å². The lowest BCUT2D eigenvalue weighted by atomic mass is 10.1. The number of aryl methyl sites for hydroxylation is 1. The van der Waals surface area contributed by atoms with Crippen LogP contribution in [-0.2, 0) is 19.6 Å². The van der Waals surface area contributed by atoms with E-state index in [2.05, 4.69) is 41.5 Å². The van der Waals surface area contributed by atoms with Crippen LogP contribution in [0.3, 0.4) is 0 Å². The molecule has 3 rings (SSSR count). The summed E-state index contributed by atoms with van der Waals surface area (Å²) in [6, 6.07) is 13.3. The highest BCUT2D eigenvalue weighted by Gasteiger charge is 2.19. The average molecular weight is 282 g/mol. The summed E-state index contributed by atoms with van der Waals surface area (Å²) in [5.74, 6) is 0.824. The first-order valence-electron chi connectivity index (χ1n) is 7.72. The monoisotopic (exact) mass is 282 g/mol. The van der Waals surface area contributed by atoms with Gasteiger partial charge in [-0.3, -0.25) is 4.98 Å². The fourth-order valence-corrected chi connectivity index (χ4v) is 2.18. The highest BCUT2D eigenvalue weighted by atomic mass is 16.5. The number of hydrogen-bond acceptors (Lipinski definition) is 3. The molecule has 1 N–H and O–H groups in total. The summed E-state index contributed by atoms with van der Waals surface area (Å²) in [6.07, 6.45) is 5.49. The molecule has 1 aromatic heterocycles. The van der Waals surface area contributed by atoms with Gasteiger partial charge in [-0.1, -0.05) is 31.2 Å². The minimum atomic E-state index is 0.589. The second-order valence-corrected chi connectivity index (χ2v) is 5.60. The van der Waals surface area contributed by atoms with Gasteiger partial charge in [-0.2, -0.15) is 0 Å². The van der Waals surface area contributed by atoms with Crippen molar-refractivity contribution in [2.75, 3.05) is 0 Å². The molecule has 0 spiro atoms. The Kier molecular flexibility index (Phi) is 4.51. The van der Waals surface area contributed by atoms with E-state index < -0.39 is 0 Å². The van der Waals surface area contributed by atoms with E-state index in [1.807, 2.05) is 18.3 Å². The lowest BCUT2D eigenvalue weighted by Crippen LogP contribution is -2.16. The second kappa shape index (κ2) is 6.72. The van der Waals surface area contributed by atoms with Gasteiger partial charge in [0.15, 0.2) is 0 Å². The molecule has 0 aliphatic heterocycles. The molecule has 110 valence electrons. The number of nitrogens with zero attached hydrogens (tertiary/aromatic N) is 1. The topological polar surface area (TPSA) is 34.1 Å². The maximum atomic E-state index is 5.78. The van der Waals surface area contributed by atoms with E-state index in [9.17, 15) is 0 Å². The molecule has 1 aliphatic carbocycles. The van der Waals surface area contributed by atoms with Crippen molar-refractivity contribution in [3.05, 3.63) is 59.4 Å². The summed E-state index contributed by atoms with van der Waals surface area (Å²) in [5, 5.41) is 3.46. The van der Waals surface area contributed by atoms with Gasteiger partial charge in [0.25, 0.3) is 0 Å². The molecular formula is C18H22N2O. The molecule has 0 atom stereocenters. The van der Waals surface area contributed by atoms with Crippen molar-refractivity contribution in [3.63, 3.8) is 0 Å². The summed E-state index contributed by atoms with van der Waals surface area (Å²) in [4.78, 5) is 4.43. The van der Waals surface area contributed by atoms with Gasteiger partial charge in [0, 0.05) is 12.6 Å². The third-order valence-electron chi connectivity index (χ3n) is 3.78. The highest BCUT2D eigenvalue weighted by Crippen LogP contribution is 2.19. The van der Waals surface area contributed by atoms with Crippen LogP contribution in [0, 0.1) is 0 Å². The van der Waals surface area contributed by atoms with Crippen LogP contribution in [0.2, 0.25) is 0 Å². The van der Waals surface area contributed by atoms with Gasteiger partial charge in [0.2, 0.25) is 0 Å². The average Bonchev–Trinajstić information content (AvgIpc) is 3.37. The van der Waals surface area contributed by atoms with Crippen molar-refractivity contribution in [1.29, 1.82) is 0 Å². The summed E-state index contributed by atoms with van der Waals surface area (Å²) >= 11 is 0. The molecule has 0 unspecified atom stereocenters. The highest BCUT2D eigenvalue weighted by molar-refractivity contribution is 5.24. The number of ether oxygens (including phenoxy) is 1. The zero-order valence-corrected chi connectivity index (χ0v) is 12.5. The molecule has 1 aliphatic rings. The van der Waals surface area contributed by atoms with Crippen molar-refractivity contribution in [2.45, 2.75) is 45.4 Å². The molecule has 1 fully saturated rings. The van der Waals surface area contributed by atoms with Gasteiger partial charge >= 0.3 is 0 Å². The first-order valence-corrected chi connectivity index (χ1v) is 7.72. The number of rotatable bonds is 7. The molecule has 0 amide bonds. The van der Waals surface area contributed by atoms with Crippen molar-refractivity contribution in [1.82, 2.24) is 10.3 Å². The zero-order chi connectivity index (χ0) is 14.5. The molecule has 3 heteroatoms. The van der Waals surface area contributed by atoms with Crippen molar-refractivity contribution >= 4 is 0 Å². The van der Waals surface area contributed by atoms with Crippen LogP contribution < -0.4 is 10.1 Å². The van der Waals surface area contributed by atoms with E-state index in [-0.39, 0.29) is 0 Å². The lowest BCUT2D eigenvalue weighted by molar-refractivity contribution is 0.304. The Labute approximate surface area is 126 Å². The van der Waals surface area contributed by atoms with E-state index in [0.29, 0.717) is 12.6 Å². The largest absolute Gasteiger partial charge is 0.487 e. The number of pyridine rings is 1. The number of benzene rings is 1. The SMILES string of the molecule is CCc1ccc(COc2ccc(CNC3CC3)nc2)cc1. The smallest absolute Gasteiger partial charge is 0.138 e. The summed E-state index contributed by atoms with van der Waals surface area (Å²) < 4.78 is 5.78. The van der Waals surface area contributed by atoms with E-state index in [4.69, 9.17) is 4.74 Å². The van der Waals surface area contributed by atoms with Gasteiger partial charge in [0.1, 0.15) is 12.4 Å². The van der Waals surface area contributed by atoms with E-state index in [1.54, 1.807) is 0 Å². The first kappa shape index (κ1) is 14.1. The third-order valence-corrected chi connectivity index (χ3v) is 3.78. The molecule has 3 nitrogen and oxygen atoms in total. The Morgan fingerprint density at radius 2 is 1.86 bits per heavy atom. The molecule has 0 saturated heterocycles. The standard InChI is InChI=1S/C18H22N2O/c1-2-14-3-5-15(6-4-14)13-21-18-10-9-17(20-12-18)11-19-16-7-8-16/h3-6,9-10,12,16,19H,2,7-8,11,13H2,1H3. The van der Waals surface area contributed by atoms with Crippen molar-refractivity contribution < 1.29 is 4.74 Å². The van der Waals surface area contributed by atoms with E-state index in [1.165, 1.54) is 24.0 Å². The normalized spacial score (nSPS) is 14.1. The molecule has 2 aromatic rings.